The van der Waals surface area contributed by atoms with Crippen LogP contribution in [0.3, 0.4) is 0 Å². The number of ether oxygens (including phenoxy) is 1. The summed E-state index contributed by atoms with van der Waals surface area (Å²) in [5, 5.41) is 0. The number of aromatic nitrogens is 2. The topological polar surface area (TPSA) is 58.6 Å². The summed E-state index contributed by atoms with van der Waals surface area (Å²) in [5.41, 5.74) is 2.79. The number of hydrogen-bond acceptors (Lipinski definition) is 5. The molecule has 0 unspecified atom stereocenters. The lowest BCUT2D eigenvalue weighted by molar-refractivity contribution is 0.0643. The van der Waals surface area contributed by atoms with Crippen molar-refractivity contribution in [2.24, 2.45) is 0 Å². The van der Waals surface area contributed by atoms with E-state index in [2.05, 4.69) is 20.9 Å². The molecule has 4 rings (SSSR count). The molecule has 0 radical (unpaired) electrons. The van der Waals surface area contributed by atoms with Gasteiger partial charge in [-0.25, -0.2) is 0 Å². The normalized spacial score (nSPS) is 14.8. The number of nitrogens with zero attached hydrogens (tertiary/aromatic N) is 4. The highest BCUT2D eigenvalue weighted by Gasteiger charge is 2.26. The number of amides is 1. The van der Waals surface area contributed by atoms with Crippen molar-refractivity contribution in [2.45, 2.75) is 31.9 Å². The fourth-order valence-corrected chi connectivity index (χ4v) is 4.09. The Morgan fingerprint density at radius 2 is 1.97 bits per heavy atom. The lowest BCUT2D eigenvalue weighted by Crippen LogP contribution is -2.46. The van der Waals surface area contributed by atoms with Gasteiger partial charge in [0.25, 0.3) is 5.91 Å². The Balaban J connectivity index is 1.27. The monoisotopic (exact) mass is 430 g/mol. The van der Waals surface area contributed by atoms with Crippen LogP contribution in [-0.2, 0) is 13.0 Å². The Hall–Kier alpha value is -3.25. The van der Waals surface area contributed by atoms with E-state index < -0.39 is 0 Å². The molecule has 0 aliphatic carbocycles. The first-order valence-corrected chi connectivity index (χ1v) is 11.2. The van der Waals surface area contributed by atoms with Gasteiger partial charge < -0.3 is 14.5 Å². The molecule has 1 fully saturated rings. The van der Waals surface area contributed by atoms with E-state index in [4.69, 9.17) is 4.74 Å². The standard InChI is InChI=1S/C26H30N4O2/c1-29(24-11-16-30(17-12-24)15-10-23-8-2-3-14-28-23)26(31)22-7-4-9-25(18-22)32-20-21-6-5-13-27-19-21/h2-9,13-14,18-19,24H,10-12,15-17,20H2,1H3. The molecule has 1 aromatic carbocycles. The van der Waals surface area contributed by atoms with Crippen molar-refractivity contribution in [3.8, 4) is 5.75 Å². The summed E-state index contributed by atoms with van der Waals surface area (Å²) in [4.78, 5) is 26.0. The molecule has 3 aromatic rings. The Bertz CT molecular complexity index is 989. The highest BCUT2D eigenvalue weighted by atomic mass is 16.5. The van der Waals surface area contributed by atoms with Crippen LogP contribution < -0.4 is 4.74 Å². The molecular formula is C26H30N4O2. The smallest absolute Gasteiger partial charge is 0.253 e. The average Bonchev–Trinajstić information content (AvgIpc) is 2.87. The molecule has 6 heteroatoms. The number of rotatable bonds is 8. The fraction of sp³-hybridized carbons (Fsp3) is 0.346. The van der Waals surface area contributed by atoms with Crippen molar-refractivity contribution in [2.75, 3.05) is 26.7 Å². The molecule has 1 aliphatic rings. The van der Waals surface area contributed by atoms with E-state index in [1.165, 1.54) is 0 Å². The second kappa shape index (κ2) is 10.9. The third-order valence-corrected chi connectivity index (χ3v) is 6.04. The van der Waals surface area contributed by atoms with Crippen LogP contribution in [0.2, 0.25) is 0 Å². The quantitative estimate of drug-likeness (QED) is 0.544. The highest BCUT2D eigenvalue weighted by Crippen LogP contribution is 2.21. The summed E-state index contributed by atoms with van der Waals surface area (Å²) in [7, 11) is 1.92. The van der Waals surface area contributed by atoms with E-state index in [9.17, 15) is 4.79 Å². The summed E-state index contributed by atoms with van der Waals surface area (Å²) in [6, 6.07) is 17.6. The van der Waals surface area contributed by atoms with Crippen LogP contribution in [-0.4, -0.2) is 58.4 Å². The number of pyridine rings is 2. The van der Waals surface area contributed by atoms with Crippen molar-refractivity contribution >= 4 is 5.91 Å². The van der Waals surface area contributed by atoms with Gasteiger partial charge in [0, 0.05) is 74.6 Å². The van der Waals surface area contributed by atoms with Gasteiger partial charge in [0.1, 0.15) is 12.4 Å². The molecule has 0 bridgehead atoms. The maximum Gasteiger partial charge on any atom is 0.253 e. The van der Waals surface area contributed by atoms with E-state index in [0.29, 0.717) is 17.9 Å². The molecule has 166 valence electrons. The molecule has 0 N–H and O–H groups in total. The van der Waals surface area contributed by atoms with E-state index >= 15 is 0 Å². The minimum Gasteiger partial charge on any atom is -0.489 e. The second-order valence-electron chi connectivity index (χ2n) is 8.24. The van der Waals surface area contributed by atoms with Gasteiger partial charge in [0.05, 0.1) is 0 Å². The highest BCUT2D eigenvalue weighted by molar-refractivity contribution is 5.94. The largest absolute Gasteiger partial charge is 0.489 e. The molecular weight excluding hydrogens is 400 g/mol. The molecule has 1 amide bonds. The minimum absolute atomic E-state index is 0.0452. The lowest BCUT2D eigenvalue weighted by Gasteiger charge is -2.36. The van der Waals surface area contributed by atoms with E-state index in [1.807, 2.05) is 66.7 Å². The first kappa shape index (κ1) is 22.0. The van der Waals surface area contributed by atoms with Gasteiger partial charge in [0.15, 0.2) is 0 Å². The molecule has 1 aliphatic heterocycles. The van der Waals surface area contributed by atoms with Gasteiger partial charge in [-0.2, -0.15) is 0 Å². The maximum atomic E-state index is 13.1. The first-order chi connectivity index (χ1) is 15.7. The number of hydrogen-bond donors (Lipinski definition) is 0. The Kier molecular flexibility index (Phi) is 7.46. The number of carbonyl (C=O) groups excluding carboxylic acids is 1. The summed E-state index contributed by atoms with van der Waals surface area (Å²) in [5.74, 6) is 0.737. The van der Waals surface area contributed by atoms with Crippen molar-refractivity contribution in [3.05, 3.63) is 90.0 Å². The Morgan fingerprint density at radius 1 is 1.09 bits per heavy atom. The van der Waals surface area contributed by atoms with Crippen LogP contribution >= 0.6 is 0 Å². The van der Waals surface area contributed by atoms with E-state index in [0.717, 1.165) is 50.2 Å². The first-order valence-electron chi connectivity index (χ1n) is 11.2. The summed E-state index contributed by atoms with van der Waals surface area (Å²) < 4.78 is 5.86. The van der Waals surface area contributed by atoms with Gasteiger partial charge in [-0.05, 0) is 49.2 Å². The molecule has 1 saturated heterocycles. The van der Waals surface area contributed by atoms with Crippen molar-refractivity contribution in [1.82, 2.24) is 19.8 Å². The summed E-state index contributed by atoms with van der Waals surface area (Å²) >= 11 is 0. The van der Waals surface area contributed by atoms with Crippen LogP contribution in [0, 0.1) is 0 Å². The SMILES string of the molecule is CN(C(=O)c1cccc(OCc2cccnc2)c1)C1CCN(CCc2ccccn2)CC1. The van der Waals surface area contributed by atoms with Gasteiger partial charge in [-0.3, -0.25) is 14.8 Å². The molecule has 32 heavy (non-hydrogen) atoms. The van der Waals surface area contributed by atoms with Gasteiger partial charge in [0.2, 0.25) is 0 Å². The van der Waals surface area contributed by atoms with Crippen molar-refractivity contribution < 1.29 is 9.53 Å². The average molecular weight is 431 g/mol. The third kappa shape index (κ3) is 5.92. The van der Waals surface area contributed by atoms with Gasteiger partial charge >= 0.3 is 0 Å². The zero-order chi connectivity index (χ0) is 22.2. The molecule has 3 heterocycles. The molecule has 0 saturated carbocycles. The van der Waals surface area contributed by atoms with Crippen molar-refractivity contribution in [3.63, 3.8) is 0 Å². The predicted molar refractivity (Wildman–Crippen MR) is 125 cm³/mol. The van der Waals surface area contributed by atoms with Crippen LogP contribution in [0.1, 0.15) is 34.5 Å². The predicted octanol–water partition coefficient (Wildman–Crippen LogP) is 3.83. The number of benzene rings is 1. The molecule has 6 nitrogen and oxygen atoms in total. The van der Waals surface area contributed by atoms with Crippen molar-refractivity contribution in [1.29, 1.82) is 0 Å². The third-order valence-electron chi connectivity index (χ3n) is 6.04. The summed E-state index contributed by atoms with van der Waals surface area (Å²) in [6.45, 7) is 3.45. The molecule has 2 aromatic heterocycles. The minimum atomic E-state index is 0.0452. The molecule has 0 spiro atoms. The van der Waals surface area contributed by atoms with Gasteiger partial charge in [-0.15, -0.1) is 0 Å². The number of piperidine rings is 1. The zero-order valence-electron chi connectivity index (χ0n) is 18.6. The number of likely N-dealkylation sites (tertiary alicyclic amines) is 1. The van der Waals surface area contributed by atoms with Crippen LogP contribution in [0.4, 0.5) is 0 Å². The van der Waals surface area contributed by atoms with Crippen LogP contribution in [0.15, 0.2) is 73.2 Å². The van der Waals surface area contributed by atoms with Gasteiger partial charge in [-0.1, -0.05) is 18.2 Å². The Labute approximate surface area is 189 Å². The van der Waals surface area contributed by atoms with Crippen LogP contribution in [0.25, 0.3) is 0 Å². The zero-order valence-corrected chi connectivity index (χ0v) is 18.6. The maximum absolute atomic E-state index is 13.1. The van der Waals surface area contributed by atoms with E-state index in [-0.39, 0.29) is 11.9 Å². The second-order valence-corrected chi connectivity index (χ2v) is 8.24. The lowest BCUT2D eigenvalue weighted by atomic mass is 10.0. The number of carbonyl (C=O) groups is 1. The Morgan fingerprint density at radius 3 is 2.72 bits per heavy atom. The molecule has 0 atom stereocenters. The van der Waals surface area contributed by atoms with Crippen LogP contribution in [0.5, 0.6) is 5.75 Å². The fourth-order valence-electron chi connectivity index (χ4n) is 4.09. The summed E-state index contributed by atoms with van der Waals surface area (Å²) in [6.07, 6.45) is 8.31. The van der Waals surface area contributed by atoms with E-state index in [1.54, 1.807) is 12.4 Å².